The Labute approximate surface area is 156 Å². The topological polar surface area (TPSA) is 102 Å². The third-order valence-electron chi connectivity index (χ3n) is 5.00. The second-order valence-corrected chi connectivity index (χ2v) is 8.58. The molecule has 1 aromatic heterocycles. The van der Waals surface area contributed by atoms with E-state index in [1.54, 1.807) is 4.90 Å². The molecule has 2 aromatic rings. The van der Waals surface area contributed by atoms with Crippen LogP contribution >= 0.6 is 0 Å². The second-order valence-electron chi connectivity index (χ2n) is 6.64. The molecule has 1 saturated heterocycles. The number of sulfonamides is 1. The summed E-state index contributed by atoms with van der Waals surface area (Å²) >= 11 is 0. The van der Waals surface area contributed by atoms with Gasteiger partial charge in [-0.15, -0.1) is 0 Å². The van der Waals surface area contributed by atoms with Crippen LogP contribution in [0.4, 0.5) is 0 Å². The minimum atomic E-state index is -3.79. The molecular formula is C17H22N4O5S. The highest BCUT2D eigenvalue weighted by Gasteiger charge is 2.28. The van der Waals surface area contributed by atoms with E-state index in [1.807, 2.05) is 0 Å². The van der Waals surface area contributed by atoms with Crippen LogP contribution < -0.4 is 11.1 Å². The molecule has 2 heterocycles. The minimum absolute atomic E-state index is 0.0555. The van der Waals surface area contributed by atoms with E-state index < -0.39 is 21.1 Å². The van der Waals surface area contributed by atoms with Crippen molar-refractivity contribution in [3.8, 4) is 0 Å². The highest BCUT2D eigenvalue weighted by molar-refractivity contribution is 7.89. The lowest BCUT2D eigenvalue weighted by atomic mass is 10.3. The Morgan fingerprint density at radius 2 is 1.56 bits per heavy atom. The summed E-state index contributed by atoms with van der Waals surface area (Å²) in [4.78, 5) is 37.2. The maximum Gasteiger partial charge on any atom is 0.316 e. The van der Waals surface area contributed by atoms with Crippen LogP contribution in [0.15, 0.2) is 32.7 Å². The molecule has 0 spiro atoms. The van der Waals surface area contributed by atoms with Crippen molar-refractivity contribution in [2.75, 3.05) is 26.2 Å². The predicted molar refractivity (Wildman–Crippen MR) is 100 cm³/mol. The molecule has 0 N–H and O–H groups in total. The lowest BCUT2D eigenvalue weighted by Gasteiger charge is -2.21. The molecule has 1 fully saturated rings. The molecule has 0 aliphatic carbocycles. The van der Waals surface area contributed by atoms with E-state index in [9.17, 15) is 22.8 Å². The van der Waals surface area contributed by atoms with E-state index in [4.69, 9.17) is 0 Å². The Morgan fingerprint density at radius 3 is 2.19 bits per heavy atom. The van der Waals surface area contributed by atoms with Gasteiger partial charge in [-0.05, 0) is 24.6 Å². The molecule has 0 bridgehead atoms. The highest BCUT2D eigenvalue weighted by Crippen LogP contribution is 2.21. The van der Waals surface area contributed by atoms with Gasteiger partial charge >= 0.3 is 11.1 Å². The van der Waals surface area contributed by atoms with Crippen LogP contribution in [-0.4, -0.2) is 58.8 Å². The number of benzene rings is 1. The summed E-state index contributed by atoms with van der Waals surface area (Å²) < 4.78 is 29.9. The van der Waals surface area contributed by atoms with Gasteiger partial charge in [-0.2, -0.15) is 4.31 Å². The summed E-state index contributed by atoms with van der Waals surface area (Å²) in [6, 6.07) is 4.39. The Bertz CT molecular complexity index is 1130. The fourth-order valence-corrected chi connectivity index (χ4v) is 4.81. The third kappa shape index (κ3) is 3.30. The van der Waals surface area contributed by atoms with E-state index >= 15 is 0 Å². The Morgan fingerprint density at radius 1 is 0.926 bits per heavy atom. The van der Waals surface area contributed by atoms with Crippen LogP contribution in [-0.2, 0) is 28.9 Å². The molecule has 1 aliphatic rings. The molecule has 1 aliphatic heterocycles. The number of carbonyl (C=O) groups is 1. The summed E-state index contributed by atoms with van der Waals surface area (Å²) in [5, 5.41) is 0. The third-order valence-corrected chi connectivity index (χ3v) is 6.89. The second kappa shape index (κ2) is 6.93. The van der Waals surface area contributed by atoms with E-state index in [1.165, 1.54) is 48.1 Å². The largest absolute Gasteiger partial charge is 0.342 e. The summed E-state index contributed by atoms with van der Waals surface area (Å²) in [7, 11) is -0.865. The van der Waals surface area contributed by atoms with Crippen molar-refractivity contribution in [3.05, 3.63) is 38.9 Å². The molecule has 27 heavy (non-hydrogen) atoms. The molecule has 1 amide bonds. The van der Waals surface area contributed by atoms with Crippen molar-refractivity contribution in [3.63, 3.8) is 0 Å². The first-order chi connectivity index (χ1) is 12.6. The van der Waals surface area contributed by atoms with Crippen molar-refractivity contribution in [1.82, 2.24) is 18.3 Å². The van der Waals surface area contributed by atoms with Gasteiger partial charge in [-0.25, -0.2) is 8.42 Å². The first kappa shape index (κ1) is 19.3. The van der Waals surface area contributed by atoms with Crippen molar-refractivity contribution in [2.24, 2.45) is 14.1 Å². The van der Waals surface area contributed by atoms with Gasteiger partial charge < -0.3 is 14.0 Å². The Balaban J connectivity index is 2.05. The summed E-state index contributed by atoms with van der Waals surface area (Å²) in [5.74, 6) is -0.0733. The minimum Gasteiger partial charge on any atom is -0.342 e. The van der Waals surface area contributed by atoms with Crippen molar-refractivity contribution >= 4 is 27.0 Å². The number of hydrogen-bond acceptors (Lipinski definition) is 5. The molecule has 9 nitrogen and oxygen atoms in total. The van der Waals surface area contributed by atoms with E-state index in [-0.39, 0.29) is 17.3 Å². The maximum atomic E-state index is 13.1. The van der Waals surface area contributed by atoms with Crippen LogP contribution in [0.1, 0.15) is 13.3 Å². The first-order valence-corrected chi connectivity index (χ1v) is 10.0. The van der Waals surface area contributed by atoms with Crippen molar-refractivity contribution in [1.29, 1.82) is 0 Å². The molecule has 146 valence electrons. The van der Waals surface area contributed by atoms with Crippen molar-refractivity contribution in [2.45, 2.75) is 18.2 Å². The van der Waals surface area contributed by atoms with Gasteiger partial charge in [0.2, 0.25) is 15.9 Å². The fourth-order valence-electron chi connectivity index (χ4n) is 3.32. The Hall–Kier alpha value is -2.46. The summed E-state index contributed by atoms with van der Waals surface area (Å²) in [6.07, 6.45) is 0.555. The fraction of sp³-hybridized carbons (Fsp3) is 0.471. The van der Waals surface area contributed by atoms with Crippen LogP contribution in [0, 0.1) is 0 Å². The van der Waals surface area contributed by atoms with Gasteiger partial charge in [0.15, 0.2) is 0 Å². The van der Waals surface area contributed by atoms with Crippen LogP contribution in [0.5, 0.6) is 0 Å². The predicted octanol–water partition coefficient (Wildman–Crippen LogP) is -0.520. The maximum absolute atomic E-state index is 13.1. The zero-order valence-corrected chi connectivity index (χ0v) is 16.3. The molecule has 0 saturated carbocycles. The van der Waals surface area contributed by atoms with E-state index in [0.717, 1.165) is 4.57 Å². The van der Waals surface area contributed by atoms with Crippen LogP contribution in [0.3, 0.4) is 0 Å². The standard InChI is InChI=1S/C17H22N4O5S/c1-12(22)20-7-4-8-21(10-9-20)27(25,26)13-5-6-14-15(11-13)19(3)17(24)16(23)18(14)2/h5-6,11H,4,7-10H2,1-3H3. The molecule has 0 radical (unpaired) electrons. The first-order valence-electron chi connectivity index (χ1n) is 8.60. The molecule has 0 atom stereocenters. The number of carbonyl (C=O) groups excluding carboxylic acids is 1. The number of aromatic nitrogens is 2. The average Bonchev–Trinajstić information content (AvgIpc) is 2.91. The smallest absolute Gasteiger partial charge is 0.316 e. The number of amides is 1. The number of nitrogens with zero attached hydrogens (tertiary/aromatic N) is 4. The highest BCUT2D eigenvalue weighted by atomic mass is 32.2. The van der Waals surface area contributed by atoms with Gasteiger partial charge in [0.1, 0.15) is 0 Å². The summed E-state index contributed by atoms with van der Waals surface area (Å²) in [6.45, 7) is 2.87. The zero-order chi connectivity index (χ0) is 19.9. The van der Waals surface area contributed by atoms with E-state index in [0.29, 0.717) is 37.1 Å². The molecule has 0 unspecified atom stereocenters. The quantitative estimate of drug-likeness (QED) is 0.638. The molecule has 10 heteroatoms. The van der Waals surface area contributed by atoms with Gasteiger partial charge in [0.25, 0.3) is 0 Å². The monoisotopic (exact) mass is 394 g/mol. The van der Waals surface area contributed by atoms with Gasteiger partial charge in [-0.1, -0.05) is 0 Å². The van der Waals surface area contributed by atoms with Gasteiger partial charge in [0.05, 0.1) is 15.9 Å². The van der Waals surface area contributed by atoms with E-state index in [2.05, 4.69) is 0 Å². The Kier molecular flexibility index (Phi) is 4.96. The lowest BCUT2D eigenvalue weighted by Crippen LogP contribution is -2.39. The van der Waals surface area contributed by atoms with Crippen LogP contribution in [0.2, 0.25) is 0 Å². The normalized spacial score (nSPS) is 16.5. The average molecular weight is 394 g/mol. The lowest BCUT2D eigenvalue weighted by molar-refractivity contribution is -0.128. The van der Waals surface area contributed by atoms with Crippen LogP contribution in [0.25, 0.3) is 11.0 Å². The zero-order valence-electron chi connectivity index (χ0n) is 15.5. The number of hydrogen-bond donors (Lipinski definition) is 0. The SMILES string of the molecule is CC(=O)N1CCCN(S(=O)(=O)c2ccc3c(c2)n(C)c(=O)c(=O)n3C)CC1. The number of rotatable bonds is 2. The number of aryl methyl sites for hydroxylation is 2. The molecular weight excluding hydrogens is 372 g/mol. The summed E-state index contributed by atoms with van der Waals surface area (Å²) in [5.41, 5.74) is -0.549. The number of fused-ring (bicyclic) bond motifs is 1. The molecule has 3 rings (SSSR count). The van der Waals surface area contributed by atoms with Gasteiger partial charge in [0, 0.05) is 47.2 Å². The molecule has 1 aromatic carbocycles. The van der Waals surface area contributed by atoms with Crippen molar-refractivity contribution < 1.29 is 13.2 Å². The van der Waals surface area contributed by atoms with Gasteiger partial charge in [-0.3, -0.25) is 14.4 Å².